The molecule has 0 saturated heterocycles. The van der Waals surface area contributed by atoms with Crippen LogP contribution in [0.5, 0.6) is 0 Å². The summed E-state index contributed by atoms with van der Waals surface area (Å²) < 4.78 is 13.1. The average molecular weight is 262 g/mol. The van der Waals surface area contributed by atoms with Gasteiger partial charge in [-0.25, -0.2) is 4.39 Å². The second kappa shape index (κ2) is 3.92. The number of carbonyl (C=O) groups is 1. The van der Waals surface area contributed by atoms with Gasteiger partial charge in [0.25, 0.3) is 0 Å². The molecule has 0 unspecified atom stereocenters. The molecule has 1 aromatic heterocycles. The molecular formula is C14H11FO2S. The van der Waals surface area contributed by atoms with Gasteiger partial charge in [-0.3, -0.25) is 4.79 Å². The van der Waals surface area contributed by atoms with E-state index in [1.807, 2.05) is 18.2 Å². The summed E-state index contributed by atoms with van der Waals surface area (Å²) in [6.45, 7) is 0. The van der Waals surface area contributed by atoms with Crippen LogP contribution in [0.15, 0.2) is 36.4 Å². The molecule has 92 valence electrons. The number of carboxylic acids is 1. The molecule has 0 aliphatic heterocycles. The molecule has 1 N–H and O–H groups in total. The quantitative estimate of drug-likeness (QED) is 0.916. The van der Waals surface area contributed by atoms with Gasteiger partial charge in [0.2, 0.25) is 0 Å². The molecule has 1 aliphatic carbocycles. The average Bonchev–Trinajstić information content (AvgIpc) is 3.01. The Balaban J connectivity index is 1.98. The summed E-state index contributed by atoms with van der Waals surface area (Å²) in [5, 5.41) is 9.23. The van der Waals surface area contributed by atoms with Crippen molar-refractivity contribution in [3.8, 4) is 10.4 Å². The van der Waals surface area contributed by atoms with E-state index >= 15 is 0 Å². The highest BCUT2D eigenvalue weighted by molar-refractivity contribution is 7.15. The van der Waals surface area contributed by atoms with E-state index < -0.39 is 11.4 Å². The predicted molar refractivity (Wildman–Crippen MR) is 68.3 cm³/mol. The largest absolute Gasteiger partial charge is 0.481 e. The first-order valence-corrected chi connectivity index (χ1v) is 6.53. The molecule has 1 aliphatic rings. The SMILES string of the molecule is O=C(O)C1(c2ccc(-c3cccc(F)c3)s2)CC1. The van der Waals surface area contributed by atoms with E-state index in [-0.39, 0.29) is 5.82 Å². The van der Waals surface area contributed by atoms with Crippen LogP contribution >= 0.6 is 11.3 Å². The summed E-state index contributed by atoms with van der Waals surface area (Å²) in [6.07, 6.45) is 1.40. The van der Waals surface area contributed by atoms with Gasteiger partial charge in [-0.15, -0.1) is 11.3 Å². The van der Waals surface area contributed by atoms with Crippen molar-refractivity contribution < 1.29 is 14.3 Å². The molecule has 1 fully saturated rings. The molecule has 0 amide bonds. The summed E-state index contributed by atoms with van der Waals surface area (Å²) in [6, 6.07) is 10.1. The molecule has 1 heterocycles. The van der Waals surface area contributed by atoms with Crippen molar-refractivity contribution in [1.29, 1.82) is 0 Å². The van der Waals surface area contributed by atoms with Crippen LogP contribution in [0.4, 0.5) is 4.39 Å². The van der Waals surface area contributed by atoms with Crippen molar-refractivity contribution in [2.75, 3.05) is 0 Å². The lowest BCUT2D eigenvalue weighted by Crippen LogP contribution is -2.17. The first-order valence-electron chi connectivity index (χ1n) is 5.71. The Morgan fingerprint density at radius 3 is 2.67 bits per heavy atom. The number of hydrogen-bond acceptors (Lipinski definition) is 2. The fourth-order valence-corrected chi connectivity index (χ4v) is 3.32. The van der Waals surface area contributed by atoms with Gasteiger partial charge in [0, 0.05) is 9.75 Å². The molecule has 4 heteroatoms. The zero-order valence-corrected chi connectivity index (χ0v) is 10.3. The maximum absolute atomic E-state index is 13.1. The molecule has 0 spiro atoms. The van der Waals surface area contributed by atoms with E-state index in [9.17, 15) is 14.3 Å². The third-order valence-corrected chi connectivity index (χ3v) is 4.68. The Morgan fingerprint density at radius 2 is 2.06 bits per heavy atom. The van der Waals surface area contributed by atoms with Gasteiger partial charge in [0.05, 0.1) is 0 Å². The van der Waals surface area contributed by atoms with E-state index in [1.54, 1.807) is 6.07 Å². The maximum Gasteiger partial charge on any atom is 0.314 e. The molecule has 18 heavy (non-hydrogen) atoms. The van der Waals surface area contributed by atoms with Crippen molar-refractivity contribution in [3.05, 3.63) is 47.1 Å². The predicted octanol–water partition coefficient (Wildman–Crippen LogP) is 3.67. The smallest absolute Gasteiger partial charge is 0.314 e. The highest BCUT2D eigenvalue weighted by Crippen LogP contribution is 2.51. The van der Waals surface area contributed by atoms with Crippen molar-refractivity contribution in [3.63, 3.8) is 0 Å². The van der Waals surface area contributed by atoms with Gasteiger partial charge in [-0.2, -0.15) is 0 Å². The Hall–Kier alpha value is -1.68. The van der Waals surface area contributed by atoms with Gasteiger partial charge < -0.3 is 5.11 Å². The first kappa shape index (κ1) is 11.4. The molecule has 0 radical (unpaired) electrons. The molecule has 0 bridgehead atoms. The van der Waals surface area contributed by atoms with Crippen LogP contribution in [0.3, 0.4) is 0 Å². The van der Waals surface area contributed by atoms with Crippen LogP contribution < -0.4 is 0 Å². The van der Waals surface area contributed by atoms with Gasteiger partial charge in [-0.05, 0) is 42.7 Å². The van der Waals surface area contributed by atoms with E-state index in [0.29, 0.717) is 12.8 Å². The first-order chi connectivity index (χ1) is 8.62. The van der Waals surface area contributed by atoms with Crippen molar-refractivity contribution in [2.24, 2.45) is 0 Å². The number of thiophene rings is 1. The highest BCUT2D eigenvalue weighted by atomic mass is 32.1. The standard InChI is InChI=1S/C14H11FO2S/c15-10-3-1-2-9(8-10)11-4-5-12(18-11)14(6-7-14)13(16)17/h1-5,8H,6-7H2,(H,16,17). The number of hydrogen-bond donors (Lipinski definition) is 1. The van der Waals surface area contributed by atoms with Crippen molar-refractivity contribution >= 4 is 17.3 Å². The summed E-state index contributed by atoms with van der Waals surface area (Å²) in [5.74, 6) is -1.03. The number of halogens is 1. The number of rotatable bonds is 3. The number of benzene rings is 1. The monoisotopic (exact) mass is 262 g/mol. The second-order valence-corrected chi connectivity index (χ2v) is 5.65. The van der Waals surface area contributed by atoms with Gasteiger partial charge in [0.1, 0.15) is 11.2 Å². The lowest BCUT2D eigenvalue weighted by Gasteiger charge is -2.05. The van der Waals surface area contributed by atoms with Crippen molar-refractivity contribution in [2.45, 2.75) is 18.3 Å². The van der Waals surface area contributed by atoms with Crippen LogP contribution in [0.25, 0.3) is 10.4 Å². The van der Waals surface area contributed by atoms with Crippen LogP contribution in [-0.4, -0.2) is 11.1 Å². The fourth-order valence-electron chi connectivity index (χ4n) is 2.08. The lowest BCUT2D eigenvalue weighted by molar-refractivity contribution is -0.139. The minimum atomic E-state index is -0.754. The summed E-state index contributed by atoms with van der Waals surface area (Å²) in [7, 11) is 0. The second-order valence-electron chi connectivity index (χ2n) is 4.56. The Kier molecular flexibility index (Phi) is 2.48. The molecule has 3 rings (SSSR count). The third-order valence-electron chi connectivity index (χ3n) is 3.35. The van der Waals surface area contributed by atoms with Crippen molar-refractivity contribution in [1.82, 2.24) is 0 Å². The molecule has 1 saturated carbocycles. The lowest BCUT2D eigenvalue weighted by atomic mass is 10.1. The molecule has 0 atom stereocenters. The fraction of sp³-hybridized carbons (Fsp3) is 0.214. The van der Waals surface area contributed by atoms with E-state index in [4.69, 9.17) is 0 Å². The molecule has 2 aromatic rings. The summed E-state index contributed by atoms with van der Waals surface area (Å²) in [5.41, 5.74) is 0.128. The molecule has 2 nitrogen and oxygen atoms in total. The zero-order chi connectivity index (χ0) is 12.8. The van der Waals surface area contributed by atoms with E-state index in [1.165, 1.54) is 23.5 Å². The molecular weight excluding hydrogens is 251 g/mol. The van der Waals surface area contributed by atoms with Crippen LogP contribution in [0.1, 0.15) is 17.7 Å². The zero-order valence-electron chi connectivity index (χ0n) is 9.52. The van der Waals surface area contributed by atoms with Gasteiger partial charge >= 0.3 is 5.97 Å². The topological polar surface area (TPSA) is 37.3 Å². The Labute approximate surface area is 108 Å². The van der Waals surface area contributed by atoms with Crippen LogP contribution in [0, 0.1) is 5.82 Å². The maximum atomic E-state index is 13.1. The Morgan fingerprint density at radius 1 is 1.28 bits per heavy atom. The summed E-state index contributed by atoms with van der Waals surface area (Å²) in [4.78, 5) is 13.0. The minimum absolute atomic E-state index is 0.276. The van der Waals surface area contributed by atoms with Crippen LogP contribution in [0.2, 0.25) is 0 Å². The number of carboxylic acid groups (broad SMARTS) is 1. The van der Waals surface area contributed by atoms with Gasteiger partial charge in [-0.1, -0.05) is 12.1 Å². The van der Waals surface area contributed by atoms with Gasteiger partial charge in [0.15, 0.2) is 0 Å². The molecule has 1 aromatic carbocycles. The van der Waals surface area contributed by atoms with E-state index in [2.05, 4.69) is 0 Å². The van der Waals surface area contributed by atoms with Crippen LogP contribution in [-0.2, 0) is 10.2 Å². The highest BCUT2D eigenvalue weighted by Gasteiger charge is 2.52. The number of aliphatic carboxylic acids is 1. The normalized spacial score (nSPS) is 16.5. The Bertz CT molecular complexity index is 614. The third kappa shape index (κ3) is 1.73. The summed E-state index contributed by atoms with van der Waals surface area (Å²) >= 11 is 1.44. The minimum Gasteiger partial charge on any atom is -0.481 e. The van der Waals surface area contributed by atoms with E-state index in [0.717, 1.165) is 15.3 Å².